The second kappa shape index (κ2) is 12.0. The van der Waals surface area contributed by atoms with E-state index >= 15 is 0 Å². The maximum absolute atomic E-state index is 12.7. The Bertz CT molecular complexity index is 1510. The predicted molar refractivity (Wildman–Crippen MR) is 155 cm³/mol. The van der Waals surface area contributed by atoms with Gasteiger partial charge in [-0.15, -0.1) is 0 Å². The summed E-state index contributed by atoms with van der Waals surface area (Å²) in [6.45, 7) is 4.60. The molecule has 10 heteroatoms. The van der Waals surface area contributed by atoms with Crippen LogP contribution < -0.4 is 9.62 Å². The first kappa shape index (κ1) is 27.5. The van der Waals surface area contributed by atoms with Crippen molar-refractivity contribution in [2.45, 2.75) is 30.6 Å². The standard InChI is InChI=1S/C30H32N4O5S/c35-30(31-40(38,39)28-11-6-10-27(21-28)34(36)37)24-13-15-26(16-14-24)33-19-17-32(18-20-33)22-25-9-4-5-12-29(25)23-7-2-1-3-8-23/h1-3,6-8,10-11,13-16,21H,4-5,9,12,17-20,22H2,(H,31,35). The van der Waals surface area contributed by atoms with Gasteiger partial charge in [0.1, 0.15) is 0 Å². The summed E-state index contributed by atoms with van der Waals surface area (Å²) in [6.07, 6.45) is 4.80. The molecule has 1 heterocycles. The normalized spacial score (nSPS) is 16.6. The molecular weight excluding hydrogens is 528 g/mol. The molecule has 1 aliphatic carbocycles. The lowest BCUT2D eigenvalue weighted by molar-refractivity contribution is -0.385. The average molecular weight is 561 g/mol. The molecule has 3 aromatic rings. The number of nitrogens with one attached hydrogen (secondary N) is 1. The third-order valence-corrected chi connectivity index (χ3v) is 8.88. The van der Waals surface area contributed by atoms with E-state index in [4.69, 9.17) is 0 Å². The number of nitrogens with zero attached hydrogens (tertiary/aromatic N) is 3. The number of nitro groups is 1. The van der Waals surface area contributed by atoms with Crippen LogP contribution in [0.1, 0.15) is 41.6 Å². The lowest BCUT2D eigenvalue weighted by Gasteiger charge is -2.37. The topological polar surface area (TPSA) is 113 Å². The predicted octanol–water partition coefficient (Wildman–Crippen LogP) is 4.86. The molecule has 1 N–H and O–H groups in total. The second-order valence-corrected chi connectivity index (χ2v) is 11.8. The minimum absolute atomic E-state index is 0.189. The molecule has 0 saturated carbocycles. The van der Waals surface area contributed by atoms with Gasteiger partial charge in [-0.1, -0.05) is 42.0 Å². The lowest BCUT2D eigenvalue weighted by atomic mass is 9.87. The fraction of sp³-hybridized carbons (Fsp3) is 0.300. The first-order valence-corrected chi connectivity index (χ1v) is 14.9. The number of hydrogen-bond donors (Lipinski definition) is 1. The first-order valence-electron chi connectivity index (χ1n) is 13.5. The van der Waals surface area contributed by atoms with E-state index in [9.17, 15) is 23.3 Å². The van der Waals surface area contributed by atoms with Crippen LogP contribution in [0, 0.1) is 10.1 Å². The van der Waals surface area contributed by atoms with E-state index in [0.717, 1.165) is 57.3 Å². The van der Waals surface area contributed by atoms with E-state index in [1.54, 1.807) is 17.7 Å². The number of non-ortho nitro benzene ring substituents is 1. The zero-order valence-corrected chi connectivity index (χ0v) is 23.0. The summed E-state index contributed by atoms with van der Waals surface area (Å²) in [5.74, 6) is -0.794. The van der Waals surface area contributed by atoms with Gasteiger partial charge in [0.2, 0.25) is 0 Å². The minimum atomic E-state index is -4.26. The van der Waals surface area contributed by atoms with Crippen LogP contribution in [0.4, 0.5) is 11.4 Å². The van der Waals surface area contributed by atoms with Gasteiger partial charge < -0.3 is 4.90 Å². The molecular formula is C30H32N4O5S. The molecule has 0 aromatic heterocycles. The molecule has 0 spiro atoms. The molecule has 0 unspecified atom stereocenters. The quantitative estimate of drug-likeness (QED) is 0.309. The Balaban J connectivity index is 1.18. The molecule has 208 valence electrons. The molecule has 5 rings (SSSR count). The van der Waals surface area contributed by atoms with Crippen LogP contribution >= 0.6 is 0 Å². The van der Waals surface area contributed by atoms with Gasteiger partial charge in [-0.2, -0.15) is 0 Å². The van der Waals surface area contributed by atoms with Crippen molar-refractivity contribution in [1.82, 2.24) is 9.62 Å². The van der Waals surface area contributed by atoms with Crippen molar-refractivity contribution in [2.24, 2.45) is 0 Å². The largest absolute Gasteiger partial charge is 0.369 e. The molecule has 1 amide bonds. The van der Waals surface area contributed by atoms with Crippen LogP contribution in [-0.2, 0) is 10.0 Å². The molecule has 40 heavy (non-hydrogen) atoms. The maximum Gasteiger partial charge on any atom is 0.270 e. The van der Waals surface area contributed by atoms with Crippen molar-refractivity contribution < 1.29 is 18.1 Å². The monoisotopic (exact) mass is 560 g/mol. The molecule has 1 saturated heterocycles. The Morgan fingerprint density at radius 3 is 2.27 bits per heavy atom. The second-order valence-electron chi connectivity index (χ2n) is 10.2. The summed E-state index contributed by atoms with van der Waals surface area (Å²) in [7, 11) is -4.26. The number of sulfonamides is 1. The summed E-state index contributed by atoms with van der Waals surface area (Å²) in [6, 6.07) is 22.1. The number of piperazine rings is 1. The van der Waals surface area contributed by atoms with Gasteiger partial charge >= 0.3 is 0 Å². The van der Waals surface area contributed by atoms with Gasteiger partial charge in [0.25, 0.3) is 21.6 Å². The van der Waals surface area contributed by atoms with Crippen molar-refractivity contribution >= 4 is 32.9 Å². The maximum atomic E-state index is 12.7. The van der Waals surface area contributed by atoms with Crippen LogP contribution in [0.15, 0.2) is 89.3 Å². The number of amides is 1. The van der Waals surface area contributed by atoms with Gasteiger partial charge in [0.15, 0.2) is 0 Å². The SMILES string of the molecule is O=C(NS(=O)(=O)c1cccc([N+](=O)[O-])c1)c1ccc(N2CCN(CC3=C(c4ccccc4)CCCC3)CC2)cc1. The van der Waals surface area contributed by atoms with E-state index in [2.05, 4.69) is 40.1 Å². The highest BCUT2D eigenvalue weighted by Gasteiger charge is 2.23. The summed E-state index contributed by atoms with van der Waals surface area (Å²) in [5.41, 5.74) is 5.20. The molecule has 0 radical (unpaired) electrons. The van der Waals surface area contributed by atoms with Crippen molar-refractivity contribution in [1.29, 1.82) is 0 Å². The fourth-order valence-corrected chi connectivity index (χ4v) is 6.41. The zero-order chi connectivity index (χ0) is 28.1. The van der Waals surface area contributed by atoms with Gasteiger partial charge in [-0.25, -0.2) is 13.1 Å². The summed E-state index contributed by atoms with van der Waals surface area (Å²) < 4.78 is 27.2. The summed E-state index contributed by atoms with van der Waals surface area (Å²) in [4.78, 5) is 27.4. The molecule has 1 aliphatic heterocycles. The fourth-order valence-electron chi connectivity index (χ4n) is 5.39. The Morgan fingerprint density at radius 2 is 1.57 bits per heavy atom. The van der Waals surface area contributed by atoms with Crippen LogP contribution in [-0.4, -0.2) is 56.9 Å². The van der Waals surface area contributed by atoms with Gasteiger partial charge in [0, 0.05) is 56.1 Å². The van der Waals surface area contributed by atoms with E-state index < -0.39 is 20.9 Å². The molecule has 9 nitrogen and oxygen atoms in total. The molecule has 0 atom stereocenters. The van der Waals surface area contributed by atoms with E-state index in [1.165, 1.54) is 42.2 Å². The first-order chi connectivity index (χ1) is 19.3. The smallest absolute Gasteiger partial charge is 0.270 e. The molecule has 3 aromatic carbocycles. The van der Waals surface area contributed by atoms with E-state index in [1.807, 2.05) is 16.9 Å². The summed E-state index contributed by atoms with van der Waals surface area (Å²) >= 11 is 0. The van der Waals surface area contributed by atoms with E-state index in [-0.39, 0.29) is 16.1 Å². The third kappa shape index (κ3) is 6.40. The number of carbonyl (C=O) groups is 1. The Labute approximate surface area is 234 Å². The van der Waals surface area contributed by atoms with Crippen molar-refractivity contribution in [3.05, 3.63) is 106 Å². The van der Waals surface area contributed by atoms with Crippen LogP contribution in [0.5, 0.6) is 0 Å². The highest BCUT2D eigenvalue weighted by molar-refractivity contribution is 7.90. The number of allylic oxidation sites excluding steroid dienone is 1. The van der Waals surface area contributed by atoms with Gasteiger partial charge in [0.05, 0.1) is 9.82 Å². The molecule has 1 fully saturated rings. The third-order valence-electron chi connectivity index (χ3n) is 7.55. The van der Waals surface area contributed by atoms with Gasteiger partial charge in [-0.05, 0) is 67.2 Å². The molecule has 0 bridgehead atoms. The average Bonchev–Trinajstić information content (AvgIpc) is 2.98. The van der Waals surface area contributed by atoms with Crippen LogP contribution in [0.3, 0.4) is 0 Å². The van der Waals surface area contributed by atoms with E-state index in [0.29, 0.717) is 0 Å². The van der Waals surface area contributed by atoms with Gasteiger partial charge in [-0.3, -0.25) is 19.8 Å². The Morgan fingerprint density at radius 1 is 0.875 bits per heavy atom. The Hall–Kier alpha value is -4.02. The van der Waals surface area contributed by atoms with Crippen molar-refractivity contribution in [3.63, 3.8) is 0 Å². The number of hydrogen-bond acceptors (Lipinski definition) is 7. The van der Waals surface area contributed by atoms with Crippen LogP contribution in [0.2, 0.25) is 0 Å². The van der Waals surface area contributed by atoms with Crippen molar-refractivity contribution in [3.8, 4) is 0 Å². The lowest BCUT2D eigenvalue weighted by Crippen LogP contribution is -2.47. The number of anilines is 1. The number of benzene rings is 3. The highest BCUT2D eigenvalue weighted by Crippen LogP contribution is 2.33. The van der Waals surface area contributed by atoms with Crippen LogP contribution in [0.25, 0.3) is 5.57 Å². The molecule has 2 aliphatic rings. The zero-order valence-electron chi connectivity index (χ0n) is 22.2. The Kier molecular flexibility index (Phi) is 8.27. The minimum Gasteiger partial charge on any atom is -0.369 e. The highest BCUT2D eigenvalue weighted by atomic mass is 32.2. The number of nitro benzene ring substituents is 1. The van der Waals surface area contributed by atoms with Crippen molar-refractivity contribution in [2.75, 3.05) is 37.6 Å². The number of carbonyl (C=O) groups excluding carboxylic acids is 1. The summed E-state index contributed by atoms with van der Waals surface area (Å²) in [5, 5.41) is 11.0. The number of rotatable bonds is 8.